The maximum atomic E-state index is 5.92. The fourth-order valence-corrected chi connectivity index (χ4v) is 1.29. The maximum Gasteiger partial charge on any atom is 0.141 e. The third-order valence-electron chi connectivity index (χ3n) is 1.49. The van der Waals surface area contributed by atoms with Crippen LogP contribution in [0.15, 0.2) is 16.2 Å². The minimum atomic E-state index is 0.229. The molecule has 15 heavy (non-hydrogen) atoms. The molecule has 1 aliphatic rings. The van der Waals surface area contributed by atoms with E-state index in [1.54, 1.807) is 11.3 Å². The Morgan fingerprint density at radius 2 is 2.00 bits per heavy atom. The third-order valence-corrected chi connectivity index (χ3v) is 1.69. The van der Waals surface area contributed by atoms with Gasteiger partial charge in [-0.1, -0.05) is 16.8 Å². The quantitative estimate of drug-likeness (QED) is 0.637. The molecule has 0 fully saturated rings. The topological polar surface area (TPSA) is 51.7 Å². The predicted molar refractivity (Wildman–Crippen MR) is 62.9 cm³/mol. The summed E-state index contributed by atoms with van der Waals surface area (Å²) in [6, 6.07) is 0.528. The van der Waals surface area contributed by atoms with Crippen molar-refractivity contribution in [3.63, 3.8) is 0 Å². The molecular formula is C9H18ClN5. The largest absolute Gasteiger partial charge is 0.277 e. The molecule has 0 unspecified atom stereocenters. The number of hydrazine groups is 3. The molecule has 0 saturated carbocycles. The van der Waals surface area contributed by atoms with Crippen molar-refractivity contribution >= 4 is 17.4 Å². The lowest BCUT2D eigenvalue weighted by Gasteiger charge is -2.30. The van der Waals surface area contributed by atoms with Crippen LogP contribution in [-0.4, -0.2) is 23.1 Å². The Bertz CT molecular complexity index is 272. The lowest BCUT2D eigenvalue weighted by Crippen LogP contribution is -2.61. The van der Waals surface area contributed by atoms with Crippen LogP contribution in [0.25, 0.3) is 0 Å². The zero-order valence-electron chi connectivity index (χ0n) is 9.50. The van der Waals surface area contributed by atoms with Crippen LogP contribution in [0.2, 0.25) is 0 Å². The summed E-state index contributed by atoms with van der Waals surface area (Å²) in [5.41, 5.74) is 9.07. The summed E-state index contributed by atoms with van der Waals surface area (Å²) in [5, 5.41) is 2.13. The summed E-state index contributed by atoms with van der Waals surface area (Å²) in [4.78, 5) is 4.37. The summed E-state index contributed by atoms with van der Waals surface area (Å²) in [5.74, 6) is 0.738. The predicted octanol–water partition coefficient (Wildman–Crippen LogP) is 1.11. The van der Waals surface area contributed by atoms with E-state index >= 15 is 0 Å². The zero-order valence-corrected chi connectivity index (χ0v) is 10.3. The van der Waals surface area contributed by atoms with E-state index in [2.05, 4.69) is 21.3 Å². The average molecular weight is 232 g/mol. The van der Waals surface area contributed by atoms with Crippen LogP contribution in [0.1, 0.15) is 27.7 Å². The molecule has 0 bridgehead atoms. The van der Waals surface area contributed by atoms with Crippen molar-refractivity contribution in [2.24, 2.45) is 4.99 Å². The standard InChI is InChI=1S/C9H18ClN5/c1-6(2)11-9-5-8(10)13-15(14-9)12-7(3)4/h5-7,12-13H,1-4H3,(H,11,14). The first-order valence-electron chi connectivity index (χ1n) is 5.02. The second kappa shape index (κ2) is 5.34. The molecule has 0 radical (unpaired) electrons. The monoisotopic (exact) mass is 231 g/mol. The average Bonchev–Trinajstić information content (AvgIpc) is 1.98. The van der Waals surface area contributed by atoms with E-state index in [1.807, 2.05) is 27.7 Å². The van der Waals surface area contributed by atoms with Gasteiger partial charge in [0, 0.05) is 18.2 Å². The van der Waals surface area contributed by atoms with Crippen LogP contribution < -0.4 is 16.3 Å². The molecular weight excluding hydrogens is 214 g/mol. The number of hydrogen-bond donors (Lipinski definition) is 3. The minimum absolute atomic E-state index is 0.229. The number of halogens is 1. The summed E-state index contributed by atoms with van der Waals surface area (Å²) >= 11 is 5.92. The Morgan fingerprint density at radius 3 is 2.53 bits per heavy atom. The molecule has 1 heterocycles. The normalized spacial score (nSPS) is 20.5. The molecule has 0 atom stereocenters. The first-order valence-corrected chi connectivity index (χ1v) is 5.39. The van der Waals surface area contributed by atoms with Crippen molar-refractivity contribution in [2.75, 3.05) is 0 Å². The van der Waals surface area contributed by atoms with Gasteiger partial charge in [-0.2, -0.15) is 0 Å². The van der Waals surface area contributed by atoms with Crippen molar-refractivity contribution in [3.8, 4) is 0 Å². The van der Waals surface area contributed by atoms with Crippen LogP contribution in [0, 0.1) is 0 Å². The smallest absolute Gasteiger partial charge is 0.141 e. The first-order chi connectivity index (χ1) is 6.97. The molecule has 1 rings (SSSR count). The van der Waals surface area contributed by atoms with E-state index in [-0.39, 0.29) is 6.04 Å². The van der Waals surface area contributed by atoms with E-state index in [1.165, 1.54) is 0 Å². The van der Waals surface area contributed by atoms with Gasteiger partial charge in [0.25, 0.3) is 0 Å². The van der Waals surface area contributed by atoms with Crippen LogP contribution in [0.4, 0.5) is 0 Å². The molecule has 6 heteroatoms. The number of nitrogens with zero attached hydrogens (tertiary/aromatic N) is 2. The fraction of sp³-hybridized carbons (Fsp3) is 0.667. The summed E-state index contributed by atoms with van der Waals surface area (Å²) in [6.07, 6.45) is 1.75. The van der Waals surface area contributed by atoms with Crippen LogP contribution in [0.3, 0.4) is 0 Å². The molecule has 3 N–H and O–H groups in total. The number of aliphatic imine (C=N–C) groups is 1. The van der Waals surface area contributed by atoms with Gasteiger partial charge in [-0.3, -0.25) is 15.8 Å². The highest BCUT2D eigenvalue weighted by Gasteiger charge is 2.14. The van der Waals surface area contributed by atoms with Gasteiger partial charge < -0.3 is 0 Å². The molecule has 0 aromatic heterocycles. The van der Waals surface area contributed by atoms with Crippen LogP contribution >= 0.6 is 11.6 Å². The molecule has 0 aromatic carbocycles. The van der Waals surface area contributed by atoms with Crippen molar-refractivity contribution in [2.45, 2.75) is 39.8 Å². The fourth-order valence-electron chi connectivity index (χ4n) is 1.10. The zero-order chi connectivity index (χ0) is 11.4. The minimum Gasteiger partial charge on any atom is -0.277 e. The number of rotatable bonds is 3. The molecule has 1 aliphatic heterocycles. The Hall–Kier alpha value is -0.780. The second-order valence-corrected chi connectivity index (χ2v) is 4.35. The first kappa shape index (κ1) is 12.3. The van der Waals surface area contributed by atoms with Crippen molar-refractivity contribution < 1.29 is 0 Å². The van der Waals surface area contributed by atoms with E-state index in [4.69, 9.17) is 11.6 Å². The van der Waals surface area contributed by atoms with Gasteiger partial charge in [0.1, 0.15) is 11.0 Å². The van der Waals surface area contributed by atoms with Gasteiger partial charge in [-0.15, -0.1) is 0 Å². The molecule has 0 spiro atoms. The van der Waals surface area contributed by atoms with Crippen molar-refractivity contribution in [1.29, 1.82) is 0 Å². The molecule has 0 saturated heterocycles. The number of hydrogen-bond acceptors (Lipinski definition) is 4. The molecule has 0 amide bonds. The molecule has 5 nitrogen and oxygen atoms in total. The van der Waals surface area contributed by atoms with Gasteiger partial charge in [0.05, 0.1) is 0 Å². The Balaban J connectivity index is 2.66. The lowest BCUT2D eigenvalue weighted by molar-refractivity contribution is 0.0816. The van der Waals surface area contributed by atoms with E-state index in [0.717, 1.165) is 5.84 Å². The maximum absolute atomic E-state index is 5.92. The Morgan fingerprint density at radius 1 is 1.33 bits per heavy atom. The van der Waals surface area contributed by atoms with Crippen molar-refractivity contribution in [1.82, 2.24) is 21.5 Å². The van der Waals surface area contributed by atoms with E-state index in [0.29, 0.717) is 11.2 Å². The van der Waals surface area contributed by atoms with Gasteiger partial charge in [-0.05, 0) is 27.7 Å². The number of amidine groups is 1. The second-order valence-electron chi connectivity index (χ2n) is 3.94. The van der Waals surface area contributed by atoms with Gasteiger partial charge in [0.2, 0.25) is 0 Å². The highest BCUT2D eigenvalue weighted by atomic mass is 35.5. The highest BCUT2D eigenvalue weighted by molar-refractivity contribution is 6.31. The summed E-state index contributed by atoms with van der Waals surface area (Å²) in [6.45, 7) is 8.10. The third kappa shape index (κ3) is 4.51. The van der Waals surface area contributed by atoms with Crippen LogP contribution in [-0.2, 0) is 0 Å². The van der Waals surface area contributed by atoms with Crippen molar-refractivity contribution in [3.05, 3.63) is 11.2 Å². The van der Waals surface area contributed by atoms with E-state index < -0.39 is 0 Å². The van der Waals surface area contributed by atoms with E-state index in [9.17, 15) is 0 Å². The summed E-state index contributed by atoms with van der Waals surface area (Å²) < 4.78 is 0. The van der Waals surface area contributed by atoms with Crippen LogP contribution in [0.5, 0.6) is 0 Å². The molecule has 86 valence electrons. The number of nitrogens with one attached hydrogen (secondary N) is 3. The Kier molecular flexibility index (Phi) is 4.38. The summed E-state index contributed by atoms with van der Waals surface area (Å²) in [7, 11) is 0. The van der Waals surface area contributed by atoms with Gasteiger partial charge in [0.15, 0.2) is 0 Å². The van der Waals surface area contributed by atoms with Gasteiger partial charge >= 0.3 is 0 Å². The Labute approximate surface area is 95.5 Å². The molecule has 0 aliphatic carbocycles. The van der Waals surface area contributed by atoms with Gasteiger partial charge in [-0.25, -0.2) is 5.43 Å². The SMILES string of the molecule is CC(C)N=C1C=C(Cl)NN(NC(C)C)N1. The lowest BCUT2D eigenvalue weighted by atomic mass is 10.4. The highest BCUT2D eigenvalue weighted by Crippen LogP contribution is 2.02. The molecule has 0 aromatic rings.